The van der Waals surface area contributed by atoms with E-state index in [1.54, 1.807) is 11.3 Å². The molecule has 1 aromatic heterocycles. The Morgan fingerprint density at radius 3 is 3.00 bits per heavy atom. The van der Waals surface area contributed by atoms with Gasteiger partial charge in [0.1, 0.15) is 0 Å². The van der Waals surface area contributed by atoms with Gasteiger partial charge in [-0.2, -0.15) is 0 Å². The highest BCUT2D eigenvalue weighted by atomic mass is 32.1. The number of carbonyl (C=O) groups is 1. The third-order valence-corrected chi connectivity index (χ3v) is 5.01. The zero-order valence-corrected chi connectivity index (χ0v) is 13.9. The van der Waals surface area contributed by atoms with E-state index in [4.69, 9.17) is 4.74 Å². The first-order chi connectivity index (χ1) is 10.1. The van der Waals surface area contributed by atoms with Crippen LogP contribution in [0.15, 0.2) is 29.2 Å². The van der Waals surface area contributed by atoms with Crippen molar-refractivity contribution in [1.29, 1.82) is 0 Å². The number of nitrogens with one attached hydrogen (secondary N) is 1. The lowest BCUT2D eigenvalue weighted by molar-refractivity contribution is -0.141. The Kier molecular flexibility index (Phi) is 6.00. The molecule has 0 bridgehead atoms. The highest BCUT2D eigenvalue weighted by Crippen LogP contribution is 2.29. The molecule has 1 heterocycles. The Hall–Kier alpha value is -1.13. The third-order valence-electron chi connectivity index (χ3n) is 4.02. The minimum Gasteiger partial charge on any atom is -0.469 e. The van der Waals surface area contributed by atoms with Crippen LogP contribution in [0.2, 0.25) is 0 Å². The van der Waals surface area contributed by atoms with Crippen LogP contribution in [0.5, 0.6) is 0 Å². The van der Waals surface area contributed by atoms with Crippen molar-refractivity contribution in [3.8, 4) is 0 Å². The van der Waals surface area contributed by atoms with Crippen LogP contribution in [0, 0.1) is 11.8 Å². The molecule has 0 saturated carbocycles. The molecule has 3 atom stereocenters. The number of ether oxygens (including phenoxy) is 1. The van der Waals surface area contributed by atoms with Gasteiger partial charge in [-0.25, -0.2) is 0 Å². The normalized spacial score (nSPS) is 23.5. The maximum Gasteiger partial charge on any atom is 0.307 e. The Balaban J connectivity index is 1.93. The Bertz CT molecular complexity index is 481. The van der Waals surface area contributed by atoms with Gasteiger partial charge in [0.15, 0.2) is 0 Å². The second-order valence-corrected chi connectivity index (χ2v) is 7.03. The monoisotopic (exact) mass is 307 g/mol. The molecule has 0 aromatic carbocycles. The summed E-state index contributed by atoms with van der Waals surface area (Å²) < 4.78 is 4.82. The largest absolute Gasteiger partial charge is 0.469 e. The molecule has 1 aromatic rings. The Morgan fingerprint density at radius 1 is 1.57 bits per heavy atom. The molecule has 4 heteroatoms. The van der Waals surface area contributed by atoms with Crippen LogP contribution in [0.25, 0.3) is 0 Å². The zero-order chi connectivity index (χ0) is 15.2. The van der Waals surface area contributed by atoms with Gasteiger partial charge in [0.2, 0.25) is 0 Å². The second-order valence-electron chi connectivity index (χ2n) is 6.05. The van der Waals surface area contributed by atoms with E-state index in [-0.39, 0.29) is 12.0 Å². The van der Waals surface area contributed by atoms with Crippen molar-refractivity contribution < 1.29 is 9.53 Å². The van der Waals surface area contributed by atoms with Crippen molar-refractivity contribution in [2.24, 2.45) is 11.8 Å². The fraction of sp³-hybridized carbons (Fsp3) is 0.588. The van der Waals surface area contributed by atoms with Crippen molar-refractivity contribution in [3.63, 3.8) is 0 Å². The average molecular weight is 307 g/mol. The van der Waals surface area contributed by atoms with E-state index in [0.717, 1.165) is 13.0 Å². The summed E-state index contributed by atoms with van der Waals surface area (Å²) in [7, 11) is 1.45. The number of rotatable bonds is 6. The van der Waals surface area contributed by atoms with Gasteiger partial charge in [-0.3, -0.25) is 4.79 Å². The quantitative estimate of drug-likeness (QED) is 0.639. The summed E-state index contributed by atoms with van der Waals surface area (Å²) in [6.45, 7) is 5.45. The summed E-state index contributed by atoms with van der Waals surface area (Å²) in [4.78, 5) is 12.8. The predicted octanol–water partition coefficient (Wildman–Crippen LogP) is 3.93. The van der Waals surface area contributed by atoms with Crippen LogP contribution in [0.4, 0.5) is 0 Å². The molecule has 0 aliphatic heterocycles. The van der Waals surface area contributed by atoms with Gasteiger partial charge in [0.05, 0.1) is 19.6 Å². The van der Waals surface area contributed by atoms with E-state index in [1.807, 2.05) is 6.07 Å². The summed E-state index contributed by atoms with van der Waals surface area (Å²) in [6, 6.07) is 4.18. The lowest BCUT2D eigenvalue weighted by atomic mass is 9.83. The number of allylic oxidation sites excluding steroid dienone is 2. The molecule has 0 spiro atoms. The first-order valence-electron chi connectivity index (χ1n) is 7.59. The van der Waals surface area contributed by atoms with Crippen LogP contribution in [-0.4, -0.2) is 19.6 Å². The second kappa shape index (κ2) is 7.76. The SMILES string of the molecule is COC(=O)CC(NCC1CC(C)=CC(C)C1)c1cccs1. The van der Waals surface area contributed by atoms with Gasteiger partial charge >= 0.3 is 5.97 Å². The molecule has 21 heavy (non-hydrogen) atoms. The van der Waals surface area contributed by atoms with E-state index in [2.05, 4.69) is 36.7 Å². The molecule has 3 unspecified atom stereocenters. The molecule has 1 N–H and O–H groups in total. The number of esters is 1. The predicted molar refractivity (Wildman–Crippen MR) is 87.3 cm³/mol. The molecule has 1 aliphatic carbocycles. The maximum atomic E-state index is 11.6. The molecule has 116 valence electrons. The molecule has 0 saturated heterocycles. The van der Waals surface area contributed by atoms with E-state index in [9.17, 15) is 4.79 Å². The highest BCUT2D eigenvalue weighted by Gasteiger charge is 2.22. The number of hydrogen-bond acceptors (Lipinski definition) is 4. The van der Waals surface area contributed by atoms with E-state index >= 15 is 0 Å². The van der Waals surface area contributed by atoms with Crippen molar-refractivity contribution in [1.82, 2.24) is 5.32 Å². The van der Waals surface area contributed by atoms with Crippen molar-refractivity contribution in [2.45, 2.75) is 39.2 Å². The first kappa shape index (κ1) is 16.2. The van der Waals surface area contributed by atoms with Crippen LogP contribution in [-0.2, 0) is 9.53 Å². The molecule has 0 radical (unpaired) electrons. The number of methoxy groups -OCH3 is 1. The smallest absolute Gasteiger partial charge is 0.307 e. The Morgan fingerprint density at radius 2 is 2.38 bits per heavy atom. The topological polar surface area (TPSA) is 38.3 Å². The zero-order valence-electron chi connectivity index (χ0n) is 13.1. The number of hydrogen-bond donors (Lipinski definition) is 1. The van der Waals surface area contributed by atoms with Crippen LogP contribution < -0.4 is 5.32 Å². The van der Waals surface area contributed by atoms with Gasteiger partial charge in [0, 0.05) is 4.88 Å². The van der Waals surface area contributed by atoms with Gasteiger partial charge < -0.3 is 10.1 Å². The Labute approximate surface area is 131 Å². The first-order valence-corrected chi connectivity index (χ1v) is 8.47. The number of carbonyl (C=O) groups excluding carboxylic acids is 1. The minimum absolute atomic E-state index is 0.0685. The van der Waals surface area contributed by atoms with Crippen LogP contribution in [0.1, 0.15) is 44.0 Å². The molecule has 2 rings (SSSR count). The maximum absolute atomic E-state index is 11.6. The van der Waals surface area contributed by atoms with Crippen molar-refractivity contribution in [3.05, 3.63) is 34.0 Å². The van der Waals surface area contributed by atoms with E-state index in [1.165, 1.54) is 24.0 Å². The molecule has 0 amide bonds. The third kappa shape index (κ3) is 4.97. The summed E-state index contributed by atoms with van der Waals surface area (Å²) in [5.74, 6) is 1.16. The molecule has 3 nitrogen and oxygen atoms in total. The van der Waals surface area contributed by atoms with Gasteiger partial charge in [-0.05, 0) is 49.6 Å². The fourth-order valence-corrected chi connectivity index (χ4v) is 3.97. The lowest BCUT2D eigenvalue weighted by Gasteiger charge is -2.27. The molecular weight excluding hydrogens is 282 g/mol. The molecular formula is C17H25NO2S. The van der Waals surface area contributed by atoms with Crippen LogP contribution >= 0.6 is 11.3 Å². The summed E-state index contributed by atoms with van der Waals surface area (Å²) in [6.07, 6.45) is 5.16. The van der Waals surface area contributed by atoms with Crippen molar-refractivity contribution in [2.75, 3.05) is 13.7 Å². The standard InChI is InChI=1S/C17H25NO2S/c1-12-7-13(2)9-14(8-12)11-18-15(10-17(19)20-3)16-5-4-6-21-16/h4-7,12,14-15,18H,8-11H2,1-3H3. The minimum atomic E-state index is -0.158. The van der Waals surface area contributed by atoms with Gasteiger partial charge in [0.25, 0.3) is 0 Å². The summed E-state index contributed by atoms with van der Waals surface area (Å²) in [5.41, 5.74) is 1.49. The average Bonchev–Trinajstić information content (AvgIpc) is 2.96. The van der Waals surface area contributed by atoms with Gasteiger partial charge in [-0.1, -0.05) is 24.6 Å². The van der Waals surface area contributed by atoms with Crippen molar-refractivity contribution >= 4 is 17.3 Å². The highest BCUT2D eigenvalue weighted by molar-refractivity contribution is 7.10. The number of thiophene rings is 1. The van der Waals surface area contributed by atoms with Crippen LogP contribution in [0.3, 0.4) is 0 Å². The van der Waals surface area contributed by atoms with E-state index < -0.39 is 0 Å². The van der Waals surface area contributed by atoms with Gasteiger partial charge in [-0.15, -0.1) is 11.3 Å². The summed E-state index contributed by atoms with van der Waals surface area (Å²) in [5, 5.41) is 5.63. The van der Waals surface area contributed by atoms with E-state index in [0.29, 0.717) is 18.3 Å². The fourth-order valence-electron chi connectivity index (χ4n) is 3.16. The lowest BCUT2D eigenvalue weighted by Crippen LogP contribution is -2.30. The molecule has 0 fully saturated rings. The molecule has 1 aliphatic rings. The summed E-state index contributed by atoms with van der Waals surface area (Å²) >= 11 is 1.69.